The van der Waals surface area contributed by atoms with Gasteiger partial charge >= 0.3 is 6.18 Å². The van der Waals surface area contributed by atoms with E-state index in [1.165, 1.54) is 4.68 Å². The molecule has 2 heterocycles. The summed E-state index contributed by atoms with van der Waals surface area (Å²) in [6.07, 6.45) is -4.51. The summed E-state index contributed by atoms with van der Waals surface area (Å²) >= 11 is 5.94. The number of rotatable bonds is 2. The third-order valence-electron chi connectivity index (χ3n) is 3.81. The lowest BCUT2D eigenvalue weighted by atomic mass is 10.0. The molecule has 1 aromatic carbocycles. The van der Waals surface area contributed by atoms with Gasteiger partial charge in [-0.3, -0.25) is 0 Å². The molecule has 25 heavy (non-hydrogen) atoms. The van der Waals surface area contributed by atoms with E-state index in [0.717, 1.165) is 11.6 Å². The first kappa shape index (κ1) is 17.4. The summed E-state index contributed by atoms with van der Waals surface area (Å²) in [7, 11) is 0. The van der Waals surface area contributed by atoms with E-state index >= 15 is 0 Å². The molecule has 8 heteroatoms. The van der Waals surface area contributed by atoms with Crippen LogP contribution in [0.4, 0.5) is 13.2 Å². The molecular formula is C17H14ClF3N4. The van der Waals surface area contributed by atoms with Crippen LogP contribution in [0.25, 0.3) is 16.8 Å². The van der Waals surface area contributed by atoms with E-state index in [9.17, 15) is 13.2 Å². The van der Waals surface area contributed by atoms with Crippen LogP contribution in [0.2, 0.25) is 5.02 Å². The smallest absolute Gasteiger partial charge is 0.235 e. The average molecular weight is 367 g/mol. The van der Waals surface area contributed by atoms with E-state index in [4.69, 9.17) is 11.6 Å². The molecule has 0 saturated heterocycles. The largest absolute Gasteiger partial charge is 0.435 e. The van der Waals surface area contributed by atoms with Gasteiger partial charge in [-0.05, 0) is 44.5 Å². The summed E-state index contributed by atoms with van der Waals surface area (Å²) in [5.74, 6) is 0. The molecule has 0 atom stereocenters. The highest BCUT2D eigenvalue weighted by Crippen LogP contribution is 2.34. The van der Waals surface area contributed by atoms with Gasteiger partial charge in [0, 0.05) is 16.3 Å². The molecule has 0 unspecified atom stereocenters. The van der Waals surface area contributed by atoms with Crippen molar-refractivity contribution >= 4 is 11.6 Å². The number of nitrogens with zero attached hydrogens (tertiary/aromatic N) is 4. The van der Waals surface area contributed by atoms with Crippen LogP contribution in [-0.4, -0.2) is 20.0 Å². The molecule has 3 aromatic rings. The van der Waals surface area contributed by atoms with Crippen LogP contribution >= 0.6 is 11.6 Å². The molecule has 0 aliphatic rings. The molecule has 0 aliphatic heterocycles. The van der Waals surface area contributed by atoms with Gasteiger partial charge in [0.2, 0.25) is 0 Å². The molecular weight excluding hydrogens is 353 g/mol. The molecule has 0 N–H and O–H groups in total. The van der Waals surface area contributed by atoms with E-state index in [2.05, 4.69) is 15.3 Å². The van der Waals surface area contributed by atoms with Gasteiger partial charge in [-0.15, -0.1) is 0 Å². The standard InChI is InChI=1S/C17H14ClF3N4/c1-9-8-14(17(19,20)21)24-25(9)16-11(3)23-22-10(2)15(16)12-4-6-13(18)7-5-12/h4-8H,1-3H3. The summed E-state index contributed by atoms with van der Waals surface area (Å²) in [6, 6.07) is 8.03. The fourth-order valence-corrected chi connectivity index (χ4v) is 2.79. The lowest BCUT2D eigenvalue weighted by Gasteiger charge is -2.15. The fourth-order valence-electron chi connectivity index (χ4n) is 2.66. The molecule has 130 valence electrons. The molecule has 0 spiro atoms. The molecule has 0 bridgehead atoms. The Morgan fingerprint density at radius 2 is 1.56 bits per heavy atom. The predicted octanol–water partition coefficient (Wildman–Crippen LogP) is 4.93. The molecule has 3 rings (SSSR count). The van der Waals surface area contributed by atoms with Gasteiger partial charge < -0.3 is 0 Å². The van der Waals surface area contributed by atoms with Crippen LogP contribution in [0.5, 0.6) is 0 Å². The predicted molar refractivity (Wildman–Crippen MR) is 88.8 cm³/mol. The van der Waals surface area contributed by atoms with Gasteiger partial charge in [0.15, 0.2) is 5.69 Å². The maximum absolute atomic E-state index is 13.0. The van der Waals surface area contributed by atoms with Crippen LogP contribution in [0, 0.1) is 20.8 Å². The zero-order valence-electron chi connectivity index (χ0n) is 13.7. The fraction of sp³-hybridized carbons (Fsp3) is 0.235. The lowest BCUT2D eigenvalue weighted by molar-refractivity contribution is -0.141. The Morgan fingerprint density at radius 3 is 2.12 bits per heavy atom. The highest BCUT2D eigenvalue weighted by atomic mass is 35.5. The van der Waals surface area contributed by atoms with Gasteiger partial charge in [-0.1, -0.05) is 23.7 Å². The normalized spacial score (nSPS) is 11.8. The molecule has 2 aromatic heterocycles. The van der Waals surface area contributed by atoms with E-state index in [0.29, 0.717) is 33.4 Å². The summed E-state index contributed by atoms with van der Waals surface area (Å²) in [5.41, 5.74) is 2.41. The second-order valence-electron chi connectivity index (χ2n) is 5.68. The Labute approximate surface area is 147 Å². The summed E-state index contributed by atoms with van der Waals surface area (Å²) in [5, 5.41) is 12.5. The van der Waals surface area contributed by atoms with Gasteiger partial charge in [-0.2, -0.15) is 28.5 Å². The summed E-state index contributed by atoms with van der Waals surface area (Å²) in [4.78, 5) is 0. The Balaban J connectivity index is 2.29. The number of hydrogen-bond acceptors (Lipinski definition) is 3. The Hall–Kier alpha value is -2.41. The minimum atomic E-state index is -4.51. The topological polar surface area (TPSA) is 43.6 Å². The van der Waals surface area contributed by atoms with Crippen molar-refractivity contribution in [1.82, 2.24) is 20.0 Å². The zero-order valence-corrected chi connectivity index (χ0v) is 14.4. The maximum atomic E-state index is 13.0. The third-order valence-corrected chi connectivity index (χ3v) is 4.07. The molecule has 0 fully saturated rings. The zero-order chi connectivity index (χ0) is 18.4. The SMILES string of the molecule is Cc1nnc(C)c(-n2nc(C(F)(F)F)cc2C)c1-c1ccc(Cl)cc1. The van der Waals surface area contributed by atoms with Crippen molar-refractivity contribution in [1.29, 1.82) is 0 Å². The molecule has 0 amide bonds. The monoisotopic (exact) mass is 366 g/mol. The van der Waals surface area contributed by atoms with E-state index in [1.807, 2.05) is 0 Å². The first-order valence-corrected chi connectivity index (χ1v) is 7.80. The van der Waals surface area contributed by atoms with Crippen LogP contribution in [0.3, 0.4) is 0 Å². The molecule has 0 aliphatic carbocycles. The first-order valence-electron chi connectivity index (χ1n) is 7.42. The molecule has 0 radical (unpaired) electrons. The quantitative estimate of drug-likeness (QED) is 0.646. The van der Waals surface area contributed by atoms with Crippen molar-refractivity contribution in [2.45, 2.75) is 26.9 Å². The van der Waals surface area contributed by atoms with E-state index in [1.54, 1.807) is 45.0 Å². The number of benzene rings is 1. The Kier molecular flexibility index (Phi) is 4.28. The minimum Gasteiger partial charge on any atom is -0.235 e. The van der Waals surface area contributed by atoms with Crippen molar-refractivity contribution < 1.29 is 13.2 Å². The van der Waals surface area contributed by atoms with Crippen molar-refractivity contribution in [3.8, 4) is 16.8 Å². The van der Waals surface area contributed by atoms with Gasteiger partial charge in [0.1, 0.15) is 0 Å². The Morgan fingerprint density at radius 1 is 0.960 bits per heavy atom. The third kappa shape index (κ3) is 3.24. The van der Waals surface area contributed by atoms with Gasteiger partial charge in [-0.25, -0.2) is 4.68 Å². The minimum absolute atomic E-state index is 0.359. The Bertz CT molecular complexity index is 930. The van der Waals surface area contributed by atoms with Crippen LogP contribution < -0.4 is 0 Å². The number of hydrogen-bond donors (Lipinski definition) is 0. The van der Waals surface area contributed by atoms with Gasteiger partial charge in [0.05, 0.1) is 17.1 Å². The summed E-state index contributed by atoms with van der Waals surface area (Å²) in [6.45, 7) is 5.02. The molecule has 0 saturated carbocycles. The number of halogens is 4. The highest BCUT2D eigenvalue weighted by Gasteiger charge is 2.35. The second-order valence-corrected chi connectivity index (χ2v) is 6.12. The van der Waals surface area contributed by atoms with Crippen LogP contribution in [-0.2, 0) is 6.18 Å². The average Bonchev–Trinajstić information content (AvgIpc) is 2.92. The van der Waals surface area contributed by atoms with Crippen molar-refractivity contribution in [2.24, 2.45) is 0 Å². The summed E-state index contributed by atoms with van der Waals surface area (Å²) < 4.78 is 40.3. The van der Waals surface area contributed by atoms with Crippen molar-refractivity contribution in [3.63, 3.8) is 0 Å². The highest BCUT2D eigenvalue weighted by molar-refractivity contribution is 6.30. The van der Waals surface area contributed by atoms with Gasteiger partial charge in [0.25, 0.3) is 0 Å². The number of alkyl halides is 3. The molecule has 4 nitrogen and oxygen atoms in total. The van der Waals surface area contributed by atoms with E-state index in [-0.39, 0.29) is 0 Å². The lowest BCUT2D eigenvalue weighted by Crippen LogP contribution is -2.11. The van der Waals surface area contributed by atoms with Crippen molar-refractivity contribution in [2.75, 3.05) is 0 Å². The number of aromatic nitrogens is 4. The van der Waals surface area contributed by atoms with Crippen LogP contribution in [0.15, 0.2) is 30.3 Å². The maximum Gasteiger partial charge on any atom is 0.435 e. The first-order chi connectivity index (χ1) is 11.7. The number of aryl methyl sites for hydroxylation is 3. The van der Waals surface area contributed by atoms with Crippen LogP contribution in [0.1, 0.15) is 22.8 Å². The second kappa shape index (κ2) is 6.15. The van der Waals surface area contributed by atoms with E-state index < -0.39 is 11.9 Å². The van der Waals surface area contributed by atoms with Crippen molar-refractivity contribution in [3.05, 3.63) is 58.1 Å².